The summed E-state index contributed by atoms with van der Waals surface area (Å²) in [7, 11) is 1.51. The molecule has 0 unspecified atom stereocenters. The molecule has 1 amide bonds. The molecule has 1 N–H and O–H groups in total. The molecule has 1 aliphatic heterocycles. The van der Waals surface area contributed by atoms with Crippen LogP contribution in [0.5, 0.6) is 0 Å². The summed E-state index contributed by atoms with van der Waals surface area (Å²) in [4.78, 5) is 13.8. The number of rotatable bonds is 6. The SMILES string of the molecule is COCC(=O)NCc1cc2n(n1)CCCN(Cc1ccco1)C2. The monoisotopic (exact) mass is 318 g/mol. The number of ether oxygens (including phenoxy) is 1. The van der Waals surface area contributed by atoms with Gasteiger partial charge in [0.1, 0.15) is 12.4 Å². The molecule has 7 nitrogen and oxygen atoms in total. The molecule has 7 heteroatoms. The molecule has 3 rings (SSSR count). The number of methoxy groups -OCH3 is 1. The van der Waals surface area contributed by atoms with E-state index in [1.54, 1.807) is 6.26 Å². The third-order valence-corrected chi connectivity index (χ3v) is 3.85. The molecule has 23 heavy (non-hydrogen) atoms. The number of hydrogen-bond donors (Lipinski definition) is 1. The molecule has 0 aromatic carbocycles. The number of amides is 1. The van der Waals surface area contributed by atoms with Crippen molar-refractivity contribution in [3.63, 3.8) is 0 Å². The van der Waals surface area contributed by atoms with E-state index in [9.17, 15) is 4.79 Å². The van der Waals surface area contributed by atoms with Gasteiger partial charge in [-0.05, 0) is 24.6 Å². The van der Waals surface area contributed by atoms with E-state index in [0.717, 1.165) is 44.1 Å². The fourth-order valence-electron chi connectivity index (χ4n) is 2.80. The summed E-state index contributed by atoms with van der Waals surface area (Å²) in [5.74, 6) is 0.847. The Balaban J connectivity index is 1.61. The van der Waals surface area contributed by atoms with Gasteiger partial charge in [-0.15, -0.1) is 0 Å². The van der Waals surface area contributed by atoms with Gasteiger partial charge in [-0.1, -0.05) is 0 Å². The van der Waals surface area contributed by atoms with Gasteiger partial charge in [0.15, 0.2) is 0 Å². The molecular formula is C16H22N4O3. The van der Waals surface area contributed by atoms with Crippen molar-refractivity contribution in [1.29, 1.82) is 0 Å². The van der Waals surface area contributed by atoms with Crippen LogP contribution in [0.25, 0.3) is 0 Å². The van der Waals surface area contributed by atoms with Crippen LogP contribution >= 0.6 is 0 Å². The maximum Gasteiger partial charge on any atom is 0.246 e. The highest BCUT2D eigenvalue weighted by molar-refractivity contribution is 5.77. The molecule has 0 atom stereocenters. The van der Waals surface area contributed by atoms with E-state index < -0.39 is 0 Å². The van der Waals surface area contributed by atoms with E-state index in [-0.39, 0.29) is 12.5 Å². The number of furan rings is 1. The molecule has 0 aliphatic carbocycles. The second kappa shape index (κ2) is 7.43. The summed E-state index contributed by atoms with van der Waals surface area (Å²) in [6.07, 6.45) is 2.75. The standard InChI is InChI=1S/C16H22N4O3/c1-22-12-16(21)17-9-13-8-14-10-19(5-3-6-20(14)18-13)11-15-4-2-7-23-15/h2,4,7-8H,3,5-6,9-12H2,1H3,(H,17,21). The van der Waals surface area contributed by atoms with E-state index in [2.05, 4.69) is 21.4 Å². The van der Waals surface area contributed by atoms with Gasteiger partial charge < -0.3 is 14.5 Å². The topological polar surface area (TPSA) is 72.5 Å². The van der Waals surface area contributed by atoms with Crippen LogP contribution in [0.2, 0.25) is 0 Å². The zero-order valence-electron chi connectivity index (χ0n) is 13.3. The van der Waals surface area contributed by atoms with Gasteiger partial charge in [0.25, 0.3) is 0 Å². The molecule has 124 valence electrons. The van der Waals surface area contributed by atoms with Crippen molar-refractivity contribution < 1.29 is 13.9 Å². The third kappa shape index (κ3) is 4.20. The molecule has 2 aromatic rings. The maximum absolute atomic E-state index is 11.5. The van der Waals surface area contributed by atoms with Crippen LogP contribution in [0.3, 0.4) is 0 Å². The first kappa shape index (κ1) is 15.8. The summed E-state index contributed by atoms with van der Waals surface area (Å²) in [5, 5.41) is 7.39. The number of hydrogen-bond acceptors (Lipinski definition) is 5. The fourth-order valence-corrected chi connectivity index (χ4v) is 2.80. The third-order valence-electron chi connectivity index (χ3n) is 3.85. The largest absolute Gasteiger partial charge is 0.468 e. The van der Waals surface area contributed by atoms with E-state index >= 15 is 0 Å². The molecule has 0 bridgehead atoms. The molecule has 3 heterocycles. The first-order chi connectivity index (χ1) is 11.2. The van der Waals surface area contributed by atoms with Crippen LogP contribution in [0.4, 0.5) is 0 Å². The number of nitrogens with zero attached hydrogens (tertiary/aromatic N) is 3. The van der Waals surface area contributed by atoms with Gasteiger partial charge in [0, 0.05) is 26.7 Å². The molecule has 0 saturated carbocycles. The van der Waals surface area contributed by atoms with Gasteiger partial charge in [0.05, 0.1) is 30.7 Å². The highest BCUT2D eigenvalue weighted by atomic mass is 16.5. The van der Waals surface area contributed by atoms with Crippen LogP contribution in [-0.4, -0.2) is 40.8 Å². The minimum Gasteiger partial charge on any atom is -0.468 e. The number of fused-ring (bicyclic) bond motifs is 1. The van der Waals surface area contributed by atoms with E-state index in [1.807, 2.05) is 16.8 Å². The normalized spacial score (nSPS) is 15.2. The van der Waals surface area contributed by atoms with Crippen LogP contribution in [-0.2, 0) is 35.7 Å². The van der Waals surface area contributed by atoms with Crippen molar-refractivity contribution in [1.82, 2.24) is 20.0 Å². The minimum atomic E-state index is -0.129. The second-order valence-corrected chi connectivity index (χ2v) is 5.70. The summed E-state index contributed by atoms with van der Waals surface area (Å²) in [6.45, 7) is 4.06. The first-order valence-corrected chi connectivity index (χ1v) is 7.80. The highest BCUT2D eigenvalue weighted by Crippen LogP contribution is 2.16. The van der Waals surface area contributed by atoms with Crippen molar-refractivity contribution >= 4 is 5.91 Å². The average Bonchev–Trinajstić information content (AvgIpc) is 3.12. The number of carbonyl (C=O) groups excluding carboxylic acids is 1. The smallest absolute Gasteiger partial charge is 0.246 e. The average molecular weight is 318 g/mol. The molecule has 0 fully saturated rings. The molecule has 0 spiro atoms. The molecule has 0 saturated heterocycles. The van der Waals surface area contributed by atoms with Gasteiger partial charge in [0.2, 0.25) is 5.91 Å². The van der Waals surface area contributed by atoms with Crippen LogP contribution < -0.4 is 5.32 Å². The Morgan fingerprint density at radius 3 is 3.17 bits per heavy atom. The second-order valence-electron chi connectivity index (χ2n) is 5.70. The Kier molecular flexibility index (Phi) is 5.09. The minimum absolute atomic E-state index is 0.0739. The lowest BCUT2D eigenvalue weighted by atomic mass is 10.3. The Bertz CT molecular complexity index is 636. The number of nitrogens with one attached hydrogen (secondary N) is 1. The van der Waals surface area contributed by atoms with E-state index in [1.165, 1.54) is 12.8 Å². The zero-order chi connectivity index (χ0) is 16.1. The molecule has 0 radical (unpaired) electrons. The number of carbonyl (C=O) groups is 1. The lowest BCUT2D eigenvalue weighted by Crippen LogP contribution is -2.26. The van der Waals surface area contributed by atoms with Crippen molar-refractivity contribution in [3.8, 4) is 0 Å². The van der Waals surface area contributed by atoms with Crippen molar-refractivity contribution in [2.45, 2.75) is 32.6 Å². The maximum atomic E-state index is 11.5. The van der Waals surface area contributed by atoms with Crippen LogP contribution in [0, 0.1) is 0 Å². The Morgan fingerprint density at radius 2 is 2.39 bits per heavy atom. The summed E-state index contributed by atoms with van der Waals surface area (Å²) >= 11 is 0. The Labute approximate surface area is 135 Å². The fraction of sp³-hybridized carbons (Fsp3) is 0.500. The van der Waals surface area contributed by atoms with Crippen molar-refractivity contribution in [2.75, 3.05) is 20.3 Å². The lowest BCUT2D eigenvalue weighted by Gasteiger charge is -2.17. The summed E-state index contributed by atoms with van der Waals surface area (Å²) < 4.78 is 12.3. The van der Waals surface area contributed by atoms with Gasteiger partial charge in [-0.2, -0.15) is 5.10 Å². The highest BCUT2D eigenvalue weighted by Gasteiger charge is 2.17. The van der Waals surface area contributed by atoms with Crippen molar-refractivity contribution in [2.24, 2.45) is 0 Å². The Hall–Kier alpha value is -2.12. The van der Waals surface area contributed by atoms with Crippen LogP contribution in [0.1, 0.15) is 23.6 Å². The predicted molar refractivity (Wildman–Crippen MR) is 83.4 cm³/mol. The molecular weight excluding hydrogens is 296 g/mol. The van der Waals surface area contributed by atoms with Gasteiger partial charge >= 0.3 is 0 Å². The van der Waals surface area contributed by atoms with E-state index in [4.69, 9.17) is 9.15 Å². The van der Waals surface area contributed by atoms with E-state index in [0.29, 0.717) is 6.54 Å². The van der Waals surface area contributed by atoms with Crippen LogP contribution in [0.15, 0.2) is 28.9 Å². The zero-order valence-corrected chi connectivity index (χ0v) is 13.3. The molecule has 1 aliphatic rings. The summed E-state index contributed by atoms with van der Waals surface area (Å²) in [5.41, 5.74) is 2.05. The lowest BCUT2D eigenvalue weighted by molar-refractivity contribution is -0.124. The summed E-state index contributed by atoms with van der Waals surface area (Å²) in [6, 6.07) is 5.98. The first-order valence-electron chi connectivity index (χ1n) is 7.80. The number of aromatic nitrogens is 2. The Morgan fingerprint density at radius 1 is 1.48 bits per heavy atom. The van der Waals surface area contributed by atoms with Gasteiger partial charge in [-0.25, -0.2) is 0 Å². The predicted octanol–water partition coefficient (Wildman–Crippen LogP) is 1.14. The van der Waals surface area contributed by atoms with Gasteiger partial charge in [-0.3, -0.25) is 14.4 Å². The number of aryl methyl sites for hydroxylation is 1. The quantitative estimate of drug-likeness (QED) is 0.865. The van der Waals surface area contributed by atoms with Crippen molar-refractivity contribution in [3.05, 3.63) is 41.6 Å². The molecule has 2 aromatic heterocycles.